The molecule has 20 heavy (non-hydrogen) atoms. The van der Waals surface area contributed by atoms with Crippen molar-refractivity contribution in [3.8, 4) is 11.5 Å². The number of nitrogens with zero attached hydrogens (tertiary/aromatic N) is 1. The molecule has 0 bridgehead atoms. The van der Waals surface area contributed by atoms with Crippen LogP contribution in [0.1, 0.15) is 37.3 Å². The first-order valence-corrected chi connectivity index (χ1v) is 7.46. The Labute approximate surface area is 131 Å². The number of phenolic OH excluding ortho intramolecular Hbond substituents is 2. The van der Waals surface area contributed by atoms with E-state index >= 15 is 0 Å². The minimum absolute atomic E-state index is 0. The fourth-order valence-electron chi connectivity index (χ4n) is 3.92. The van der Waals surface area contributed by atoms with Crippen molar-refractivity contribution in [2.75, 3.05) is 13.1 Å². The number of hydrogen-bond donors (Lipinski definition) is 2. The van der Waals surface area contributed by atoms with E-state index in [1.54, 1.807) is 0 Å². The minimum atomic E-state index is 0. The van der Waals surface area contributed by atoms with Crippen LogP contribution in [0.2, 0.25) is 0 Å². The van der Waals surface area contributed by atoms with Gasteiger partial charge in [-0.15, -0.1) is 17.0 Å². The molecule has 1 aliphatic heterocycles. The lowest BCUT2D eigenvalue weighted by molar-refractivity contribution is 0.0848. The lowest BCUT2D eigenvalue weighted by atomic mass is 9.75. The van der Waals surface area contributed by atoms with Gasteiger partial charge in [0.05, 0.1) is 0 Å². The molecule has 1 aromatic rings. The van der Waals surface area contributed by atoms with Crippen molar-refractivity contribution in [2.45, 2.75) is 45.1 Å². The zero-order chi connectivity index (χ0) is 13.4. The number of aromatic hydroxyl groups is 2. The van der Waals surface area contributed by atoms with Crippen molar-refractivity contribution in [2.24, 2.45) is 5.92 Å². The van der Waals surface area contributed by atoms with Gasteiger partial charge in [0.1, 0.15) is 11.5 Å². The van der Waals surface area contributed by atoms with Gasteiger partial charge in [0, 0.05) is 12.1 Å². The van der Waals surface area contributed by atoms with Crippen molar-refractivity contribution in [1.29, 1.82) is 0 Å². The van der Waals surface area contributed by atoms with Crippen LogP contribution in [0.3, 0.4) is 0 Å². The first kappa shape index (κ1) is 15.6. The molecule has 0 aromatic heterocycles. The van der Waals surface area contributed by atoms with Crippen LogP contribution in [0.4, 0.5) is 0 Å². The summed E-state index contributed by atoms with van der Waals surface area (Å²) in [6, 6.07) is 3.91. The SMILES string of the molecule is Br.CCCN1CCC[C@@H]2Cc3c(O)cc(O)cc3C[C@H]21. The number of benzene rings is 1. The van der Waals surface area contributed by atoms with E-state index in [9.17, 15) is 10.2 Å². The van der Waals surface area contributed by atoms with E-state index in [0.717, 1.165) is 24.0 Å². The fraction of sp³-hybridized carbons (Fsp3) is 0.625. The van der Waals surface area contributed by atoms with Crippen LogP contribution in [-0.4, -0.2) is 34.2 Å². The van der Waals surface area contributed by atoms with E-state index in [4.69, 9.17) is 0 Å². The summed E-state index contributed by atoms with van der Waals surface area (Å²) < 4.78 is 0. The van der Waals surface area contributed by atoms with Gasteiger partial charge in [-0.05, 0) is 68.3 Å². The zero-order valence-electron chi connectivity index (χ0n) is 12.0. The number of halogens is 1. The van der Waals surface area contributed by atoms with Gasteiger partial charge >= 0.3 is 0 Å². The molecule has 0 spiro atoms. The van der Waals surface area contributed by atoms with Crippen molar-refractivity contribution in [1.82, 2.24) is 4.90 Å². The van der Waals surface area contributed by atoms with Crippen LogP contribution < -0.4 is 0 Å². The molecule has 0 radical (unpaired) electrons. The second-order valence-electron chi connectivity index (χ2n) is 6.02. The molecular formula is C16H24BrNO2. The fourth-order valence-corrected chi connectivity index (χ4v) is 3.92. The lowest BCUT2D eigenvalue weighted by Crippen LogP contribution is -2.49. The predicted molar refractivity (Wildman–Crippen MR) is 85.9 cm³/mol. The number of rotatable bonds is 2. The Morgan fingerprint density at radius 1 is 1.25 bits per heavy atom. The van der Waals surface area contributed by atoms with E-state index < -0.39 is 0 Å². The zero-order valence-corrected chi connectivity index (χ0v) is 13.7. The standard InChI is InChI=1S/C16H23NO2.BrH/c1-2-5-17-6-3-4-11-8-14-12(9-15(11)17)7-13(18)10-16(14)19;/h7,10-11,15,18-19H,2-6,8-9H2,1H3;1H/t11-,15-;/m1./s1. The van der Waals surface area contributed by atoms with Crippen molar-refractivity contribution < 1.29 is 10.2 Å². The number of fused-ring (bicyclic) bond motifs is 2. The van der Waals surface area contributed by atoms with E-state index in [1.165, 1.54) is 38.4 Å². The van der Waals surface area contributed by atoms with Crippen LogP contribution >= 0.6 is 17.0 Å². The highest BCUT2D eigenvalue weighted by molar-refractivity contribution is 8.93. The lowest BCUT2D eigenvalue weighted by Gasteiger charge is -2.44. The Balaban J connectivity index is 0.00000147. The summed E-state index contributed by atoms with van der Waals surface area (Å²) in [7, 11) is 0. The number of phenols is 2. The minimum Gasteiger partial charge on any atom is -0.508 e. The Morgan fingerprint density at radius 2 is 2.05 bits per heavy atom. The average molecular weight is 342 g/mol. The predicted octanol–water partition coefficient (Wildman–Crippen LogP) is 3.26. The first-order chi connectivity index (χ1) is 9.19. The quantitative estimate of drug-likeness (QED) is 0.867. The summed E-state index contributed by atoms with van der Waals surface area (Å²) in [5.41, 5.74) is 2.21. The molecule has 3 rings (SSSR count). The molecule has 2 atom stereocenters. The largest absolute Gasteiger partial charge is 0.508 e. The normalized spacial score (nSPS) is 25.4. The molecule has 4 heteroatoms. The molecule has 1 fully saturated rings. The van der Waals surface area contributed by atoms with E-state index in [1.807, 2.05) is 6.07 Å². The maximum absolute atomic E-state index is 10.0. The van der Waals surface area contributed by atoms with Gasteiger partial charge in [-0.1, -0.05) is 6.92 Å². The smallest absolute Gasteiger partial charge is 0.122 e. The molecule has 0 unspecified atom stereocenters. The second-order valence-corrected chi connectivity index (χ2v) is 6.02. The van der Waals surface area contributed by atoms with Gasteiger partial charge in [-0.2, -0.15) is 0 Å². The topological polar surface area (TPSA) is 43.7 Å². The Kier molecular flexibility index (Phi) is 4.97. The number of piperidine rings is 1. The van der Waals surface area contributed by atoms with Gasteiger partial charge < -0.3 is 10.2 Å². The van der Waals surface area contributed by atoms with Gasteiger partial charge in [0.2, 0.25) is 0 Å². The van der Waals surface area contributed by atoms with Crippen LogP contribution in [0.15, 0.2) is 12.1 Å². The summed E-state index contributed by atoms with van der Waals surface area (Å²) in [5, 5.41) is 19.7. The molecule has 2 N–H and O–H groups in total. The second kappa shape index (κ2) is 6.35. The van der Waals surface area contributed by atoms with Crippen LogP contribution in [0.5, 0.6) is 11.5 Å². The molecule has 3 nitrogen and oxygen atoms in total. The molecule has 1 saturated heterocycles. The highest BCUT2D eigenvalue weighted by Crippen LogP contribution is 2.40. The van der Waals surface area contributed by atoms with Crippen molar-refractivity contribution >= 4 is 17.0 Å². The maximum atomic E-state index is 10.0. The Hall–Kier alpha value is -0.740. The van der Waals surface area contributed by atoms with Crippen LogP contribution in [0, 0.1) is 5.92 Å². The highest BCUT2D eigenvalue weighted by Gasteiger charge is 2.36. The molecular weight excluding hydrogens is 318 g/mol. The van der Waals surface area contributed by atoms with E-state index in [0.29, 0.717) is 12.0 Å². The molecule has 1 aromatic carbocycles. The Morgan fingerprint density at radius 3 is 2.80 bits per heavy atom. The number of likely N-dealkylation sites (tertiary alicyclic amines) is 1. The first-order valence-electron chi connectivity index (χ1n) is 7.46. The van der Waals surface area contributed by atoms with Gasteiger partial charge in [-0.3, -0.25) is 4.90 Å². The summed E-state index contributed by atoms with van der Waals surface area (Å²) in [5.74, 6) is 1.14. The molecule has 0 saturated carbocycles. The Bertz CT molecular complexity index is 476. The molecule has 1 aliphatic carbocycles. The third-order valence-corrected chi connectivity index (χ3v) is 4.74. The molecule has 112 valence electrons. The van der Waals surface area contributed by atoms with E-state index in [2.05, 4.69) is 11.8 Å². The molecule has 0 amide bonds. The van der Waals surface area contributed by atoms with Crippen molar-refractivity contribution in [3.63, 3.8) is 0 Å². The summed E-state index contributed by atoms with van der Waals surface area (Å²) >= 11 is 0. The highest BCUT2D eigenvalue weighted by atomic mass is 79.9. The maximum Gasteiger partial charge on any atom is 0.122 e. The summed E-state index contributed by atoms with van der Waals surface area (Å²) in [6.07, 6.45) is 5.68. The third kappa shape index (κ3) is 2.82. The van der Waals surface area contributed by atoms with Gasteiger partial charge in [0.15, 0.2) is 0 Å². The van der Waals surface area contributed by atoms with Crippen LogP contribution in [-0.2, 0) is 12.8 Å². The monoisotopic (exact) mass is 341 g/mol. The molecule has 1 heterocycles. The summed E-state index contributed by atoms with van der Waals surface area (Å²) in [4.78, 5) is 2.61. The van der Waals surface area contributed by atoms with Crippen molar-refractivity contribution in [3.05, 3.63) is 23.3 Å². The van der Waals surface area contributed by atoms with Crippen LogP contribution in [0.25, 0.3) is 0 Å². The summed E-state index contributed by atoms with van der Waals surface area (Å²) in [6.45, 7) is 4.61. The third-order valence-electron chi connectivity index (χ3n) is 4.74. The molecule has 2 aliphatic rings. The van der Waals surface area contributed by atoms with E-state index in [-0.39, 0.29) is 28.5 Å². The van der Waals surface area contributed by atoms with Gasteiger partial charge in [-0.25, -0.2) is 0 Å². The average Bonchev–Trinajstić information content (AvgIpc) is 2.38. The van der Waals surface area contributed by atoms with Gasteiger partial charge in [0.25, 0.3) is 0 Å². The number of hydrogen-bond acceptors (Lipinski definition) is 3.